The number of anilines is 1. The molecule has 11 nitrogen and oxygen atoms in total. The summed E-state index contributed by atoms with van der Waals surface area (Å²) in [5.41, 5.74) is 7.03. The van der Waals surface area contributed by atoms with E-state index in [-0.39, 0.29) is 34.3 Å². The lowest BCUT2D eigenvalue weighted by atomic mass is 9.89. The van der Waals surface area contributed by atoms with Gasteiger partial charge >= 0.3 is 0 Å². The van der Waals surface area contributed by atoms with Crippen LogP contribution in [0, 0.1) is 22.6 Å². The van der Waals surface area contributed by atoms with Crippen LogP contribution in [0.1, 0.15) is 32.7 Å². The van der Waals surface area contributed by atoms with Crippen molar-refractivity contribution in [1.29, 1.82) is 5.26 Å². The molecule has 46 heavy (non-hydrogen) atoms. The second-order valence-corrected chi connectivity index (χ2v) is 12.4. The number of nitriles is 1. The molecule has 0 saturated carbocycles. The SMILES string of the molecule is CC(C)(C=C(C#N)C(=O)N1CCCC(n2nc(-c3ccc(Oc4ccccc4)cc3F)c3c(N)ncnc32)C1)CN1CCOCC1. The van der Waals surface area contributed by atoms with Gasteiger partial charge in [0.25, 0.3) is 5.91 Å². The van der Waals surface area contributed by atoms with Crippen LogP contribution in [-0.2, 0) is 9.53 Å². The Morgan fingerprint density at radius 3 is 2.67 bits per heavy atom. The average molecular weight is 625 g/mol. The van der Waals surface area contributed by atoms with Crippen molar-refractivity contribution < 1.29 is 18.7 Å². The fraction of sp³-hybridized carbons (Fsp3) is 0.382. The van der Waals surface area contributed by atoms with Gasteiger partial charge < -0.3 is 20.1 Å². The number of nitrogens with zero attached hydrogens (tertiary/aromatic N) is 7. The molecule has 2 fully saturated rings. The van der Waals surface area contributed by atoms with Crippen LogP contribution in [0.25, 0.3) is 22.3 Å². The van der Waals surface area contributed by atoms with E-state index in [1.54, 1.807) is 39.9 Å². The number of morpholine rings is 1. The van der Waals surface area contributed by atoms with Crippen molar-refractivity contribution in [1.82, 2.24) is 29.5 Å². The molecule has 0 radical (unpaired) electrons. The Morgan fingerprint density at radius 1 is 1.15 bits per heavy atom. The lowest BCUT2D eigenvalue weighted by Crippen LogP contribution is -2.43. The van der Waals surface area contributed by atoms with Crippen molar-refractivity contribution >= 4 is 22.8 Å². The predicted octanol–water partition coefficient (Wildman–Crippen LogP) is 4.98. The fourth-order valence-electron chi connectivity index (χ4n) is 6.24. The van der Waals surface area contributed by atoms with Crippen LogP contribution in [0.4, 0.5) is 10.2 Å². The summed E-state index contributed by atoms with van der Waals surface area (Å²) in [4.78, 5) is 26.3. The van der Waals surface area contributed by atoms with Crippen molar-refractivity contribution in [2.45, 2.75) is 32.7 Å². The van der Waals surface area contributed by atoms with Gasteiger partial charge in [0.2, 0.25) is 0 Å². The number of amides is 1. The number of piperidine rings is 1. The van der Waals surface area contributed by atoms with E-state index in [9.17, 15) is 10.1 Å². The normalized spacial score (nSPS) is 18.0. The number of aromatic nitrogens is 4. The molecule has 2 N–H and O–H groups in total. The number of likely N-dealkylation sites (tertiary alicyclic amines) is 1. The van der Waals surface area contributed by atoms with E-state index in [1.807, 2.05) is 32.0 Å². The number of halogens is 1. The first-order chi connectivity index (χ1) is 22.2. The van der Waals surface area contributed by atoms with E-state index in [1.165, 1.54) is 12.4 Å². The second-order valence-electron chi connectivity index (χ2n) is 12.4. The summed E-state index contributed by atoms with van der Waals surface area (Å²) in [5.74, 6) is 0.265. The maximum absolute atomic E-state index is 15.6. The summed E-state index contributed by atoms with van der Waals surface area (Å²) < 4.78 is 28.6. The number of fused-ring (bicyclic) bond motifs is 1. The highest BCUT2D eigenvalue weighted by molar-refractivity contribution is 5.99. The van der Waals surface area contributed by atoms with Crippen LogP contribution in [0.5, 0.6) is 11.5 Å². The molecule has 1 amide bonds. The van der Waals surface area contributed by atoms with E-state index in [0.717, 1.165) is 19.6 Å². The molecule has 0 bridgehead atoms. The Hall–Kier alpha value is -4.86. The topological polar surface area (TPSA) is 135 Å². The molecule has 0 aliphatic carbocycles. The molecule has 2 saturated heterocycles. The van der Waals surface area contributed by atoms with E-state index in [4.69, 9.17) is 20.3 Å². The zero-order valence-electron chi connectivity index (χ0n) is 26.0. The summed E-state index contributed by atoms with van der Waals surface area (Å²) in [5, 5.41) is 15.3. The van der Waals surface area contributed by atoms with Crippen molar-refractivity contribution in [3.05, 3.63) is 72.3 Å². The molecular formula is C34H37FN8O3. The molecule has 4 aromatic rings. The lowest BCUT2D eigenvalue weighted by molar-refractivity contribution is -0.128. The number of nitrogen functional groups attached to an aromatic ring is 1. The number of rotatable bonds is 8. The third-order valence-electron chi connectivity index (χ3n) is 8.34. The zero-order chi connectivity index (χ0) is 32.3. The van der Waals surface area contributed by atoms with Crippen molar-refractivity contribution in [2.75, 3.05) is 51.7 Å². The molecule has 2 aliphatic heterocycles. The van der Waals surface area contributed by atoms with Crippen LogP contribution in [0.2, 0.25) is 0 Å². The summed E-state index contributed by atoms with van der Waals surface area (Å²) >= 11 is 0. The third kappa shape index (κ3) is 6.71. The molecule has 238 valence electrons. The molecule has 2 aromatic carbocycles. The van der Waals surface area contributed by atoms with Gasteiger partial charge in [-0.25, -0.2) is 19.0 Å². The van der Waals surface area contributed by atoms with Gasteiger partial charge in [0.05, 0.1) is 24.6 Å². The maximum Gasteiger partial charge on any atom is 0.264 e. The smallest absolute Gasteiger partial charge is 0.264 e. The largest absolute Gasteiger partial charge is 0.457 e. The summed E-state index contributed by atoms with van der Waals surface area (Å²) in [6, 6.07) is 15.6. The molecule has 4 heterocycles. The Labute approximate surface area is 267 Å². The summed E-state index contributed by atoms with van der Waals surface area (Å²) in [6.07, 6.45) is 4.55. The van der Waals surface area contributed by atoms with Crippen LogP contribution in [0.3, 0.4) is 0 Å². The molecule has 1 atom stereocenters. The number of nitrogens with two attached hydrogens (primary N) is 1. The van der Waals surface area contributed by atoms with E-state index < -0.39 is 5.82 Å². The van der Waals surface area contributed by atoms with Gasteiger partial charge in [-0.1, -0.05) is 38.1 Å². The number of para-hydroxylation sites is 1. The number of hydrogen-bond acceptors (Lipinski definition) is 9. The average Bonchev–Trinajstić information content (AvgIpc) is 3.45. The van der Waals surface area contributed by atoms with E-state index in [0.29, 0.717) is 67.4 Å². The monoisotopic (exact) mass is 624 g/mol. The van der Waals surface area contributed by atoms with Crippen molar-refractivity contribution in [3.63, 3.8) is 0 Å². The first-order valence-electron chi connectivity index (χ1n) is 15.5. The Kier molecular flexibility index (Phi) is 8.96. The number of benzene rings is 2. The fourth-order valence-corrected chi connectivity index (χ4v) is 6.24. The van der Waals surface area contributed by atoms with E-state index in [2.05, 4.69) is 20.9 Å². The molecular weight excluding hydrogens is 587 g/mol. The van der Waals surface area contributed by atoms with Crippen LogP contribution in [-0.4, -0.2) is 81.4 Å². The molecule has 0 spiro atoms. The van der Waals surface area contributed by atoms with Crippen LogP contribution in [0.15, 0.2) is 66.5 Å². The third-order valence-corrected chi connectivity index (χ3v) is 8.34. The first-order valence-corrected chi connectivity index (χ1v) is 15.5. The minimum absolute atomic E-state index is 0.122. The number of carbonyl (C=O) groups is 1. The Morgan fingerprint density at radius 2 is 1.93 bits per heavy atom. The first kappa shape index (κ1) is 31.1. The van der Waals surface area contributed by atoms with Gasteiger partial charge in [-0.2, -0.15) is 10.4 Å². The second kappa shape index (κ2) is 13.2. The molecule has 2 aromatic heterocycles. The predicted molar refractivity (Wildman–Crippen MR) is 171 cm³/mol. The van der Waals surface area contributed by atoms with Crippen molar-refractivity contribution in [2.24, 2.45) is 5.41 Å². The molecule has 12 heteroatoms. The number of ether oxygens (including phenoxy) is 2. The lowest BCUT2D eigenvalue weighted by Gasteiger charge is -2.34. The van der Waals surface area contributed by atoms with Gasteiger partial charge in [0.15, 0.2) is 5.65 Å². The van der Waals surface area contributed by atoms with Crippen LogP contribution >= 0.6 is 0 Å². The van der Waals surface area contributed by atoms with Crippen LogP contribution < -0.4 is 10.5 Å². The molecule has 6 rings (SSSR count). The summed E-state index contributed by atoms with van der Waals surface area (Å²) in [7, 11) is 0. The van der Waals surface area contributed by atoms with Gasteiger partial charge in [0, 0.05) is 44.4 Å². The highest BCUT2D eigenvalue weighted by Gasteiger charge is 2.32. The van der Waals surface area contributed by atoms with Gasteiger partial charge in [-0.05, 0) is 42.5 Å². The van der Waals surface area contributed by atoms with Gasteiger partial charge in [0.1, 0.15) is 46.8 Å². The van der Waals surface area contributed by atoms with Gasteiger partial charge in [-0.15, -0.1) is 0 Å². The number of carbonyl (C=O) groups excluding carboxylic acids is 1. The molecule has 2 aliphatic rings. The zero-order valence-corrected chi connectivity index (χ0v) is 26.0. The van der Waals surface area contributed by atoms with Gasteiger partial charge in [-0.3, -0.25) is 9.69 Å². The minimum atomic E-state index is -0.535. The van der Waals surface area contributed by atoms with Crippen molar-refractivity contribution in [3.8, 4) is 28.8 Å². The minimum Gasteiger partial charge on any atom is -0.457 e. The maximum atomic E-state index is 15.6. The Balaban J connectivity index is 1.26. The summed E-state index contributed by atoms with van der Waals surface area (Å²) in [6.45, 7) is 8.62. The standard InChI is InChI=1S/C34H37FN8O3/c1-34(2,21-41-13-15-45-16-14-41)18-23(19-36)33(44)42-12-6-7-24(20-42)43-32-29(31(37)38-22-39-32)30(40-43)27-11-10-26(17-28(27)35)46-25-8-4-3-5-9-25/h3-5,8-11,17-18,22,24H,6-7,12-16,20-21H2,1-2H3,(H2,37,38,39). The molecule has 1 unspecified atom stereocenters. The highest BCUT2D eigenvalue weighted by atomic mass is 19.1. The number of hydrogen-bond donors (Lipinski definition) is 1. The Bertz CT molecular complexity index is 1790. The van der Waals surface area contributed by atoms with E-state index >= 15 is 4.39 Å². The highest BCUT2D eigenvalue weighted by Crippen LogP contribution is 2.36. The quantitative estimate of drug-likeness (QED) is 0.213.